The first-order chi connectivity index (χ1) is 14.4. The molecule has 0 atom stereocenters. The van der Waals surface area contributed by atoms with E-state index in [9.17, 15) is 9.59 Å². The minimum absolute atomic E-state index is 0.0282. The zero-order chi connectivity index (χ0) is 21.5. The molecule has 160 valence electrons. The maximum absolute atomic E-state index is 12.0. The molecule has 0 saturated carbocycles. The molecule has 2 aromatic rings. The molecule has 1 heterocycles. The molecule has 1 aliphatic heterocycles. The second kappa shape index (κ2) is 10.2. The Kier molecular flexibility index (Phi) is 7.41. The van der Waals surface area contributed by atoms with Gasteiger partial charge in [0.1, 0.15) is 13.2 Å². The average molecular weight is 432 g/mol. The molecule has 30 heavy (non-hydrogen) atoms. The molecule has 0 bridgehead atoms. The van der Waals surface area contributed by atoms with Crippen molar-refractivity contribution in [3.05, 3.63) is 52.5 Å². The third-order valence-electron chi connectivity index (χ3n) is 4.55. The van der Waals surface area contributed by atoms with Gasteiger partial charge >= 0.3 is 6.03 Å². The minimum Gasteiger partial charge on any atom is -0.486 e. The lowest BCUT2D eigenvalue weighted by Gasteiger charge is -2.20. The Balaban J connectivity index is 1.41. The summed E-state index contributed by atoms with van der Waals surface area (Å²) in [6, 6.07) is 10.8. The predicted molar refractivity (Wildman–Crippen MR) is 116 cm³/mol. The highest BCUT2D eigenvalue weighted by Crippen LogP contribution is 2.38. The lowest BCUT2D eigenvalue weighted by Crippen LogP contribution is -2.36. The largest absolute Gasteiger partial charge is 0.486 e. The number of anilines is 1. The molecule has 2 aromatic carbocycles. The number of carbonyl (C=O) groups is 2. The standard InChI is InChI=1S/C22H26ClN3O4/c1-14(2)21(27)26-17-5-3-15(4-6-17)13-25-22(28)24-8-7-16-11-18(23)20-19(12-16)29-9-10-30-20/h3-6,11-12,14H,7-10,13H2,1-2H3,(H,26,27)(H2,24,25,28). The number of urea groups is 1. The fourth-order valence-corrected chi connectivity index (χ4v) is 3.15. The Hall–Kier alpha value is -2.93. The minimum atomic E-state index is -0.254. The van der Waals surface area contributed by atoms with Gasteiger partial charge in [0.25, 0.3) is 0 Å². The second-order valence-corrected chi connectivity index (χ2v) is 7.71. The first-order valence-corrected chi connectivity index (χ1v) is 10.3. The summed E-state index contributed by atoms with van der Waals surface area (Å²) in [6.45, 7) is 5.52. The lowest BCUT2D eigenvalue weighted by atomic mass is 10.1. The van der Waals surface area contributed by atoms with Gasteiger partial charge in [0.2, 0.25) is 5.91 Å². The van der Waals surface area contributed by atoms with Gasteiger partial charge < -0.3 is 25.4 Å². The van der Waals surface area contributed by atoms with Crippen LogP contribution >= 0.6 is 11.6 Å². The van der Waals surface area contributed by atoms with Crippen LogP contribution < -0.4 is 25.4 Å². The Labute approximate surface area is 181 Å². The van der Waals surface area contributed by atoms with Crippen molar-refractivity contribution in [1.82, 2.24) is 10.6 Å². The number of halogens is 1. The average Bonchev–Trinajstić information content (AvgIpc) is 2.73. The van der Waals surface area contributed by atoms with Gasteiger partial charge in [-0.1, -0.05) is 37.6 Å². The molecule has 0 unspecified atom stereocenters. The molecular formula is C22H26ClN3O4. The van der Waals surface area contributed by atoms with Crippen molar-refractivity contribution in [3.8, 4) is 11.5 Å². The number of nitrogens with one attached hydrogen (secondary N) is 3. The van der Waals surface area contributed by atoms with Crippen molar-refractivity contribution < 1.29 is 19.1 Å². The van der Waals surface area contributed by atoms with Crippen molar-refractivity contribution in [2.75, 3.05) is 25.1 Å². The first-order valence-electron chi connectivity index (χ1n) is 9.92. The van der Waals surface area contributed by atoms with Gasteiger partial charge in [-0.2, -0.15) is 0 Å². The predicted octanol–water partition coefficient (Wildman–Crippen LogP) is 3.75. The number of amides is 3. The second-order valence-electron chi connectivity index (χ2n) is 7.30. The highest BCUT2D eigenvalue weighted by atomic mass is 35.5. The first kappa shape index (κ1) is 21.8. The van der Waals surface area contributed by atoms with E-state index in [1.54, 1.807) is 0 Å². The fraction of sp³-hybridized carbons (Fsp3) is 0.364. The van der Waals surface area contributed by atoms with Gasteiger partial charge in [-0.05, 0) is 41.8 Å². The molecule has 3 rings (SSSR count). The van der Waals surface area contributed by atoms with Crippen LogP contribution in [0.25, 0.3) is 0 Å². The zero-order valence-corrected chi connectivity index (χ0v) is 17.8. The number of carbonyl (C=O) groups excluding carboxylic acids is 2. The van der Waals surface area contributed by atoms with Gasteiger partial charge in [-0.15, -0.1) is 0 Å². The van der Waals surface area contributed by atoms with E-state index in [0.29, 0.717) is 49.2 Å². The molecule has 0 fully saturated rings. The Morgan fingerprint density at radius 2 is 1.77 bits per heavy atom. The summed E-state index contributed by atoms with van der Waals surface area (Å²) in [6.07, 6.45) is 0.619. The van der Waals surface area contributed by atoms with Gasteiger partial charge in [-0.3, -0.25) is 4.79 Å². The summed E-state index contributed by atoms with van der Waals surface area (Å²) in [5, 5.41) is 8.99. The fourth-order valence-electron chi connectivity index (χ4n) is 2.87. The van der Waals surface area contributed by atoms with Gasteiger partial charge in [0.15, 0.2) is 11.5 Å². The van der Waals surface area contributed by atoms with Crippen LogP contribution in [0.15, 0.2) is 36.4 Å². The summed E-state index contributed by atoms with van der Waals surface area (Å²) < 4.78 is 11.1. The normalized spacial score (nSPS) is 12.4. The summed E-state index contributed by atoms with van der Waals surface area (Å²) in [5.74, 6) is 1.11. The molecule has 8 heteroatoms. The van der Waals surface area contributed by atoms with Gasteiger partial charge in [0.05, 0.1) is 5.02 Å². The third kappa shape index (κ3) is 6.03. The quantitative estimate of drug-likeness (QED) is 0.623. The number of rotatable bonds is 7. The SMILES string of the molecule is CC(C)C(=O)Nc1ccc(CNC(=O)NCCc2cc(Cl)c3c(c2)OCCO3)cc1. The summed E-state index contributed by atoms with van der Waals surface area (Å²) >= 11 is 6.23. The number of hydrogen-bond donors (Lipinski definition) is 3. The van der Waals surface area contributed by atoms with Crippen LogP contribution in [0.2, 0.25) is 5.02 Å². The lowest BCUT2D eigenvalue weighted by molar-refractivity contribution is -0.118. The Morgan fingerprint density at radius 1 is 1.03 bits per heavy atom. The van der Waals surface area contributed by atoms with E-state index in [1.807, 2.05) is 50.2 Å². The van der Waals surface area contributed by atoms with Crippen LogP contribution in [0.3, 0.4) is 0 Å². The van der Waals surface area contributed by atoms with Crippen molar-refractivity contribution in [2.24, 2.45) is 5.92 Å². The molecule has 0 aliphatic carbocycles. The molecule has 3 N–H and O–H groups in total. The van der Waals surface area contributed by atoms with Crippen LogP contribution in [0.4, 0.5) is 10.5 Å². The number of hydrogen-bond acceptors (Lipinski definition) is 4. The highest BCUT2D eigenvalue weighted by molar-refractivity contribution is 6.32. The van der Waals surface area contributed by atoms with E-state index in [1.165, 1.54) is 0 Å². The monoisotopic (exact) mass is 431 g/mol. The third-order valence-corrected chi connectivity index (χ3v) is 4.84. The molecule has 1 aliphatic rings. The van der Waals surface area contributed by atoms with Crippen molar-refractivity contribution in [1.29, 1.82) is 0 Å². The van der Waals surface area contributed by atoms with Crippen LogP contribution in [-0.4, -0.2) is 31.7 Å². The number of fused-ring (bicyclic) bond motifs is 1. The van der Waals surface area contributed by atoms with E-state index in [-0.39, 0.29) is 17.9 Å². The summed E-state index contributed by atoms with van der Waals surface area (Å²) in [7, 11) is 0. The van der Waals surface area contributed by atoms with Crippen LogP contribution in [0.5, 0.6) is 11.5 Å². The molecular weight excluding hydrogens is 406 g/mol. The van der Waals surface area contributed by atoms with Crippen LogP contribution in [-0.2, 0) is 17.8 Å². The number of benzene rings is 2. The van der Waals surface area contributed by atoms with E-state index < -0.39 is 0 Å². The molecule has 0 saturated heterocycles. The number of ether oxygens (including phenoxy) is 2. The van der Waals surface area contributed by atoms with Crippen molar-refractivity contribution >= 4 is 29.2 Å². The Morgan fingerprint density at radius 3 is 2.50 bits per heavy atom. The van der Waals surface area contributed by atoms with Crippen LogP contribution in [0, 0.1) is 5.92 Å². The molecule has 0 radical (unpaired) electrons. The van der Waals surface area contributed by atoms with E-state index in [0.717, 1.165) is 16.8 Å². The molecule has 7 nitrogen and oxygen atoms in total. The van der Waals surface area contributed by atoms with Gasteiger partial charge in [0, 0.05) is 24.7 Å². The van der Waals surface area contributed by atoms with Crippen LogP contribution in [0.1, 0.15) is 25.0 Å². The van der Waals surface area contributed by atoms with E-state index >= 15 is 0 Å². The highest BCUT2D eigenvalue weighted by Gasteiger charge is 2.16. The summed E-state index contributed by atoms with van der Waals surface area (Å²) in [5.41, 5.74) is 2.63. The topological polar surface area (TPSA) is 88.7 Å². The maximum Gasteiger partial charge on any atom is 0.315 e. The molecule has 0 aromatic heterocycles. The maximum atomic E-state index is 12.0. The van der Waals surface area contributed by atoms with Crippen molar-refractivity contribution in [3.63, 3.8) is 0 Å². The van der Waals surface area contributed by atoms with Crippen molar-refractivity contribution in [2.45, 2.75) is 26.8 Å². The van der Waals surface area contributed by atoms with E-state index in [4.69, 9.17) is 21.1 Å². The van der Waals surface area contributed by atoms with E-state index in [2.05, 4.69) is 16.0 Å². The Bertz CT molecular complexity index is 900. The molecule has 0 spiro atoms. The smallest absolute Gasteiger partial charge is 0.315 e. The van der Waals surface area contributed by atoms with Gasteiger partial charge in [-0.25, -0.2) is 4.79 Å². The summed E-state index contributed by atoms with van der Waals surface area (Å²) in [4.78, 5) is 23.8. The zero-order valence-electron chi connectivity index (χ0n) is 17.1. The molecule has 3 amide bonds.